The molecule has 0 unspecified atom stereocenters. The minimum absolute atomic E-state index is 0.243. The first-order valence-electron chi connectivity index (χ1n) is 10.9. The first-order chi connectivity index (χ1) is 16.5. The van der Waals surface area contributed by atoms with E-state index in [1.165, 1.54) is 36.4 Å². The van der Waals surface area contributed by atoms with Crippen molar-refractivity contribution in [1.29, 1.82) is 0 Å². The number of nitrogens with zero attached hydrogens (tertiary/aromatic N) is 2. The number of esters is 1. The molecule has 2 aliphatic rings. The number of ether oxygens (including phenoxy) is 1. The van der Waals surface area contributed by atoms with Crippen LogP contribution in [0.1, 0.15) is 28.9 Å². The number of anilines is 2. The minimum Gasteiger partial charge on any atom is -0.462 e. The Morgan fingerprint density at radius 1 is 0.912 bits per heavy atom. The van der Waals surface area contributed by atoms with Crippen LogP contribution in [0.15, 0.2) is 78.9 Å². The molecule has 34 heavy (non-hydrogen) atoms. The summed E-state index contributed by atoms with van der Waals surface area (Å²) in [6.07, 6.45) is -1.03. The molecule has 0 aliphatic carbocycles. The van der Waals surface area contributed by atoms with Crippen LogP contribution in [0.2, 0.25) is 0 Å². The Morgan fingerprint density at radius 2 is 1.59 bits per heavy atom. The van der Waals surface area contributed by atoms with Crippen molar-refractivity contribution in [2.75, 3.05) is 16.6 Å². The number of rotatable bonds is 5. The number of benzene rings is 3. The van der Waals surface area contributed by atoms with Crippen LogP contribution >= 0.6 is 0 Å². The standard InChI is InChI=1S/C26H21FN2O5/c1-2-33-26(32)17-10-14-19(15-11-17)28-24(30)21-22(16-8-12-18(27)13-9-16)29(34-23(21)25(28)31)20-6-4-3-5-7-20/h3-15,21-23H,2H2,1H3/t21-,22-,23+/m1/s1. The summed E-state index contributed by atoms with van der Waals surface area (Å²) in [6, 6.07) is 20.4. The first kappa shape index (κ1) is 21.8. The highest BCUT2D eigenvalue weighted by molar-refractivity contribution is 6.24. The summed E-state index contributed by atoms with van der Waals surface area (Å²) in [5.74, 6) is -2.63. The van der Waals surface area contributed by atoms with Gasteiger partial charge in [-0.2, -0.15) is 0 Å². The molecule has 3 aromatic rings. The second-order valence-electron chi connectivity index (χ2n) is 7.99. The molecule has 0 spiro atoms. The van der Waals surface area contributed by atoms with Crippen molar-refractivity contribution in [3.63, 3.8) is 0 Å². The molecular weight excluding hydrogens is 439 g/mol. The fourth-order valence-electron chi connectivity index (χ4n) is 4.43. The minimum atomic E-state index is -1.03. The van der Waals surface area contributed by atoms with Gasteiger partial charge in [-0.1, -0.05) is 30.3 Å². The van der Waals surface area contributed by atoms with Gasteiger partial charge in [-0.3, -0.25) is 14.4 Å². The summed E-state index contributed by atoms with van der Waals surface area (Å²) in [5, 5.41) is 1.56. The molecule has 2 heterocycles. The highest BCUT2D eigenvalue weighted by Crippen LogP contribution is 2.47. The van der Waals surface area contributed by atoms with Crippen molar-refractivity contribution in [3.05, 3.63) is 95.8 Å². The Kier molecular flexibility index (Phi) is 5.59. The molecule has 2 amide bonds. The summed E-state index contributed by atoms with van der Waals surface area (Å²) < 4.78 is 18.6. The molecule has 172 valence electrons. The second kappa shape index (κ2) is 8.72. The van der Waals surface area contributed by atoms with Crippen molar-refractivity contribution >= 4 is 29.2 Å². The molecule has 0 radical (unpaired) electrons. The number of amides is 2. The summed E-state index contributed by atoms with van der Waals surface area (Å²) >= 11 is 0. The largest absolute Gasteiger partial charge is 0.462 e. The van der Waals surface area contributed by atoms with Crippen LogP contribution < -0.4 is 9.96 Å². The van der Waals surface area contributed by atoms with E-state index in [1.54, 1.807) is 24.1 Å². The molecule has 2 fully saturated rings. The third-order valence-electron chi connectivity index (χ3n) is 5.97. The molecular formula is C26H21FN2O5. The maximum atomic E-state index is 13.6. The Balaban J connectivity index is 1.50. The molecule has 2 saturated heterocycles. The molecule has 2 aliphatic heterocycles. The van der Waals surface area contributed by atoms with E-state index >= 15 is 0 Å². The fourth-order valence-corrected chi connectivity index (χ4v) is 4.43. The van der Waals surface area contributed by atoms with E-state index in [9.17, 15) is 18.8 Å². The van der Waals surface area contributed by atoms with E-state index in [1.807, 2.05) is 30.3 Å². The van der Waals surface area contributed by atoms with Crippen molar-refractivity contribution < 1.29 is 28.3 Å². The number of halogens is 1. The van der Waals surface area contributed by atoms with E-state index in [2.05, 4.69) is 0 Å². The molecule has 3 atom stereocenters. The molecule has 0 saturated carbocycles. The van der Waals surface area contributed by atoms with Gasteiger partial charge in [0.05, 0.1) is 29.6 Å². The monoisotopic (exact) mass is 460 g/mol. The summed E-state index contributed by atoms with van der Waals surface area (Å²) in [4.78, 5) is 46.0. The van der Waals surface area contributed by atoms with E-state index in [4.69, 9.17) is 9.57 Å². The van der Waals surface area contributed by atoms with Crippen LogP contribution in [0.5, 0.6) is 0 Å². The summed E-state index contributed by atoms with van der Waals surface area (Å²) in [6.45, 7) is 1.95. The van der Waals surface area contributed by atoms with Gasteiger partial charge in [0.15, 0.2) is 6.10 Å². The van der Waals surface area contributed by atoms with Gasteiger partial charge in [-0.25, -0.2) is 19.1 Å². The fraction of sp³-hybridized carbons (Fsp3) is 0.192. The van der Waals surface area contributed by atoms with Crippen molar-refractivity contribution in [2.45, 2.75) is 19.1 Å². The Bertz CT molecular complexity index is 1230. The van der Waals surface area contributed by atoms with Gasteiger partial charge in [-0.05, 0) is 61.0 Å². The van der Waals surface area contributed by atoms with Crippen LogP contribution in [0.25, 0.3) is 0 Å². The predicted molar refractivity (Wildman–Crippen MR) is 121 cm³/mol. The quantitative estimate of drug-likeness (QED) is 0.422. The Labute approximate surface area is 195 Å². The van der Waals surface area contributed by atoms with Crippen LogP contribution in [0, 0.1) is 11.7 Å². The topological polar surface area (TPSA) is 76.2 Å². The first-order valence-corrected chi connectivity index (χ1v) is 10.9. The maximum absolute atomic E-state index is 13.6. The predicted octanol–water partition coefficient (Wildman–Crippen LogP) is 4.05. The van der Waals surface area contributed by atoms with Gasteiger partial charge in [0.1, 0.15) is 11.7 Å². The van der Waals surface area contributed by atoms with Crippen LogP contribution in [0.4, 0.5) is 15.8 Å². The number of hydroxylamine groups is 1. The van der Waals surface area contributed by atoms with Crippen molar-refractivity contribution in [2.24, 2.45) is 5.92 Å². The lowest BCUT2D eigenvalue weighted by atomic mass is 9.90. The number of imide groups is 1. The van der Waals surface area contributed by atoms with Gasteiger partial charge >= 0.3 is 5.97 Å². The maximum Gasteiger partial charge on any atom is 0.338 e. The molecule has 5 rings (SSSR count). The van der Waals surface area contributed by atoms with Gasteiger partial charge in [-0.15, -0.1) is 0 Å². The number of carbonyl (C=O) groups excluding carboxylic acids is 3. The third kappa shape index (κ3) is 3.62. The number of carbonyl (C=O) groups is 3. The van der Waals surface area contributed by atoms with E-state index < -0.39 is 41.7 Å². The Morgan fingerprint density at radius 3 is 2.24 bits per heavy atom. The normalized spacial score (nSPS) is 21.6. The molecule has 7 nitrogen and oxygen atoms in total. The van der Waals surface area contributed by atoms with Gasteiger partial charge in [0, 0.05) is 0 Å². The smallest absolute Gasteiger partial charge is 0.338 e. The lowest BCUT2D eigenvalue weighted by molar-refractivity contribution is -0.126. The highest BCUT2D eigenvalue weighted by atomic mass is 19.1. The molecule has 0 N–H and O–H groups in total. The number of hydrogen-bond acceptors (Lipinski definition) is 6. The van der Waals surface area contributed by atoms with Gasteiger partial charge < -0.3 is 4.74 Å². The average molecular weight is 460 g/mol. The summed E-state index contributed by atoms with van der Waals surface area (Å²) in [7, 11) is 0. The number of para-hydroxylation sites is 1. The van der Waals surface area contributed by atoms with Crippen LogP contribution in [-0.2, 0) is 19.2 Å². The Hall–Kier alpha value is -4.04. The average Bonchev–Trinajstić information content (AvgIpc) is 3.36. The number of hydrogen-bond donors (Lipinski definition) is 0. The molecule has 3 aromatic carbocycles. The lowest BCUT2D eigenvalue weighted by Gasteiger charge is -2.28. The summed E-state index contributed by atoms with van der Waals surface area (Å²) in [5.41, 5.74) is 1.99. The van der Waals surface area contributed by atoms with E-state index in [-0.39, 0.29) is 6.61 Å². The van der Waals surface area contributed by atoms with Crippen LogP contribution in [0.3, 0.4) is 0 Å². The lowest BCUT2D eigenvalue weighted by Crippen LogP contribution is -2.37. The third-order valence-corrected chi connectivity index (χ3v) is 5.97. The number of fused-ring (bicyclic) bond motifs is 1. The second-order valence-corrected chi connectivity index (χ2v) is 7.99. The van der Waals surface area contributed by atoms with E-state index in [0.717, 1.165) is 4.90 Å². The molecule has 0 bridgehead atoms. The van der Waals surface area contributed by atoms with Gasteiger partial charge in [0.2, 0.25) is 5.91 Å². The SMILES string of the molecule is CCOC(=O)c1ccc(N2C(=O)[C@H]3[C@H](ON(c4ccccc4)[C@@H]3c3ccc(F)cc3)C2=O)cc1. The molecule has 0 aromatic heterocycles. The van der Waals surface area contributed by atoms with Gasteiger partial charge in [0.25, 0.3) is 5.91 Å². The van der Waals surface area contributed by atoms with E-state index in [0.29, 0.717) is 22.5 Å². The highest BCUT2D eigenvalue weighted by Gasteiger charge is 2.60. The molecule has 8 heteroatoms. The van der Waals surface area contributed by atoms with Crippen LogP contribution in [-0.4, -0.2) is 30.5 Å². The van der Waals surface area contributed by atoms with Crippen molar-refractivity contribution in [3.8, 4) is 0 Å². The zero-order chi connectivity index (χ0) is 23.8. The van der Waals surface area contributed by atoms with Crippen molar-refractivity contribution in [1.82, 2.24) is 0 Å². The zero-order valence-corrected chi connectivity index (χ0v) is 18.3. The zero-order valence-electron chi connectivity index (χ0n) is 18.3.